The lowest BCUT2D eigenvalue weighted by Gasteiger charge is -2.31. The van der Waals surface area contributed by atoms with Crippen LogP contribution in [0.15, 0.2) is 30.3 Å². The van der Waals surface area contributed by atoms with Gasteiger partial charge in [0.2, 0.25) is 11.8 Å². The van der Waals surface area contributed by atoms with Gasteiger partial charge in [0.05, 0.1) is 19.1 Å². The Morgan fingerprint density at radius 1 is 1.29 bits per heavy atom. The monoisotopic (exact) mass is 232 g/mol. The van der Waals surface area contributed by atoms with Crippen molar-refractivity contribution in [2.24, 2.45) is 0 Å². The van der Waals surface area contributed by atoms with Crippen molar-refractivity contribution in [2.45, 2.75) is 25.9 Å². The van der Waals surface area contributed by atoms with Gasteiger partial charge in [-0.1, -0.05) is 37.3 Å². The number of carbonyl (C=O) groups excluding carboxylic acids is 2. The predicted octanol–water partition coefficient (Wildman–Crippen LogP) is 0.924. The fourth-order valence-electron chi connectivity index (χ4n) is 1.96. The fraction of sp³-hybridized carbons (Fsp3) is 0.385. The second kappa shape index (κ2) is 5.10. The Hall–Kier alpha value is -1.68. The molecule has 0 aromatic heterocycles. The molecule has 0 saturated carbocycles. The molecule has 1 saturated heterocycles. The van der Waals surface area contributed by atoms with Crippen molar-refractivity contribution in [3.05, 3.63) is 35.9 Å². The molecule has 0 radical (unpaired) electrons. The van der Waals surface area contributed by atoms with E-state index in [9.17, 15) is 9.59 Å². The average molecular weight is 232 g/mol. The minimum absolute atomic E-state index is 0.118. The van der Waals surface area contributed by atoms with Crippen LogP contribution in [0.4, 0.5) is 0 Å². The van der Waals surface area contributed by atoms with Gasteiger partial charge in [-0.15, -0.1) is 0 Å². The highest BCUT2D eigenvalue weighted by atomic mass is 16.2. The molecule has 1 fully saturated rings. The highest BCUT2D eigenvalue weighted by molar-refractivity contribution is 6.01. The lowest BCUT2D eigenvalue weighted by molar-refractivity contribution is -0.150. The molecule has 1 heterocycles. The molecule has 2 rings (SSSR count). The third kappa shape index (κ3) is 2.53. The number of nitrogens with one attached hydrogen (secondary N) is 1. The summed E-state index contributed by atoms with van der Waals surface area (Å²) in [7, 11) is 0. The molecule has 2 amide bonds. The topological polar surface area (TPSA) is 49.4 Å². The Morgan fingerprint density at radius 2 is 2.00 bits per heavy atom. The number of benzene rings is 1. The number of rotatable bonds is 3. The maximum atomic E-state index is 12.0. The van der Waals surface area contributed by atoms with Crippen LogP contribution in [-0.4, -0.2) is 29.3 Å². The summed E-state index contributed by atoms with van der Waals surface area (Å²) < 4.78 is 0. The van der Waals surface area contributed by atoms with Gasteiger partial charge in [0.1, 0.15) is 0 Å². The smallest absolute Gasteiger partial charge is 0.246 e. The number of hydrogen-bond donors (Lipinski definition) is 1. The van der Waals surface area contributed by atoms with Gasteiger partial charge in [0, 0.05) is 0 Å². The summed E-state index contributed by atoms with van der Waals surface area (Å²) in [6.45, 7) is 2.56. The van der Waals surface area contributed by atoms with E-state index in [-0.39, 0.29) is 24.4 Å². The number of hydrogen-bond acceptors (Lipinski definition) is 3. The fourth-order valence-corrected chi connectivity index (χ4v) is 1.96. The molecule has 4 heteroatoms. The lowest BCUT2D eigenvalue weighted by Crippen LogP contribution is -2.57. The van der Waals surface area contributed by atoms with Gasteiger partial charge in [-0.05, 0) is 12.0 Å². The minimum atomic E-state index is -0.226. The zero-order valence-electron chi connectivity index (χ0n) is 9.85. The molecule has 0 aliphatic carbocycles. The van der Waals surface area contributed by atoms with Gasteiger partial charge < -0.3 is 0 Å². The third-order valence-corrected chi connectivity index (χ3v) is 2.96. The molecular formula is C13H16N2O2. The zero-order chi connectivity index (χ0) is 12.3. The molecule has 1 unspecified atom stereocenters. The van der Waals surface area contributed by atoms with Gasteiger partial charge in [0.25, 0.3) is 0 Å². The number of nitrogens with zero attached hydrogens (tertiary/aromatic N) is 1. The number of carbonyl (C=O) groups is 2. The Bertz CT molecular complexity index is 417. The molecule has 4 nitrogen and oxygen atoms in total. The molecule has 1 N–H and O–H groups in total. The van der Waals surface area contributed by atoms with Crippen molar-refractivity contribution in [1.29, 1.82) is 0 Å². The molecule has 1 aromatic rings. The Balaban J connectivity index is 2.13. The van der Waals surface area contributed by atoms with E-state index in [2.05, 4.69) is 5.32 Å². The largest absolute Gasteiger partial charge is 0.297 e. The molecule has 17 heavy (non-hydrogen) atoms. The standard InChI is InChI=1S/C13H16N2O2/c1-2-11-13(17)15(12(16)8-14-11)9-10-6-4-3-5-7-10/h3-7,11,14H,2,8-9H2,1H3. The highest BCUT2D eigenvalue weighted by Crippen LogP contribution is 2.11. The van der Waals surface area contributed by atoms with Crippen molar-refractivity contribution in [2.75, 3.05) is 6.54 Å². The van der Waals surface area contributed by atoms with Gasteiger partial charge >= 0.3 is 0 Å². The lowest BCUT2D eigenvalue weighted by atomic mass is 10.1. The molecular weight excluding hydrogens is 216 g/mol. The van der Waals surface area contributed by atoms with Gasteiger partial charge in [0.15, 0.2) is 0 Å². The summed E-state index contributed by atoms with van der Waals surface area (Å²) in [6.07, 6.45) is 0.706. The molecule has 0 spiro atoms. The summed E-state index contributed by atoms with van der Waals surface area (Å²) in [6, 6.07) is 9.34. The van der Waals surface area contributed by atoms with Crippen LogP contribution in [0.2, 0.25) is 0 Å². The number of imide groups is 1. The van der Waals surface area contributed by atoms with E-state index >= 15 is 0 Å². The van der Waals surface area contributed by atoms with Crippen LogP contribution in [0.3, 0.4) is 0 Å². The van der Waals surface area contributed by atoms with Crippen molar-refractivity contribution >= 4 is 11.8 Å². The van der Waals surface area contributed by atoms with Crippen LogP contribution in [-0.2, 0) is 16.1 Å². The van der Waals surface area contributed by atoms with Crippen LogP contribution in [0.25, 0.3) is 0 Å². The van der Waals surface area contributed by atoms with Gasteiger partial charge in [-0.25, -0.2) is 0 Å². The second-order valence-corrected chi connectivity index (χ2v) is 4.15. The van der Waals surface area contributed by atoms with E-state index in [1.165, 1.54) is 4.90 Å². The summed E-state index contributed by atoms with van der Waals surface area (Å²) in [5.74, 6) is -0.267. The first-order chi connectivity index (χ1) is 8.22. The first-order valence-corrected chi connectivity index (χ1v) is 5.84. The van der Waals surface area contributed by atoms with Crippen molar-refractivity contribution < 1.29 is 9.59 Å². The summed E-state index contributed by atoms with van der Waals surface area (Å²) in [5, 5.41) is 2.94. The Kier molecular flexibility index (Phi) is 3.54. The maximum absolute atomic E-state index is 12.0. The molecule has 1 aliphatic heterocycles. The van der Waals surface area contributed by atoms with E-state index in [4.69, 9.17) is 0 Å². The minimum Gasteiger partial charge on any atom is -0.297 e. The van der Waals surface area contributed by atoms with Crippen LogP contribution in [0, 0.1) is 0 Å². The van der Waals surface area contributed by atoms with E-state index in [0.29, 0.717) is 13.0 Å². The number of piperazine rings is 1. The van der Waals surface area contributed by atoms with E-state index in [1.54, 1.807) is 0 Å². The average Bonchev–Trinajstić information content (AvgIpc) is 2.36. The molecule has 1 aromatic carbocycles. The second-order valence-electron chi connectivity index (χ2n) is 4.15. The third-order valence-electron chi connectivity index (χ3n) is 2.96. The van der Waals surface area contributed by atoms with Gasteiger partial charge in [-0.2, -0.15) is 0 Å². The van der Waals surface area contributed by atoms with E-state index in [1.807, 2.05) is 37.3 Å². The number of amides is 2. The molecule has 1 atom stereocenters. The normalized spacial score (nSPS) is 20.8. The van der Waals surface area contributed by atoms with Crippen molar-refractivity contribution in [3.8, 4) is 0 Å². The first-order valence-electron chi connectivity index (χ1n) is 5.84. The van der Waals surface area contributed by atoms with Crippen LogP contribution in [0.5, 0.6) is 0 Å². The highest BCUT2D eigenvalue weighted by Gasteiger charge is 2.32. The van der Waals surface area contributed by atoms with Crippen LogP contribution < -0.4 is 5.32 Å². The molecule has 1 aliphatic rings. The Morgan fingerprint density at radius 3 is 2.65 bits per heavy atom. The quantitative estimate of drug-likeness (QED) is 0.788. The van der Waals surface area contributed by atoms with E-state index < -0.39 is 0 Å². The first kappa shape index (κ1) is 11.8. The summed E-state index contributed by atoms with van der Waals surface area (Å²) in [5.41, 5.74) is 0.978. The van der Waals surface area contributed by atoms with E-state index in [0.717, 1.165) is 5.56 Å². The predicted molar refractivity (Wildman–Crippen MR) is 64.1 cm³/mol. The SMILES string of the molecule is CCC1NCC(=O)N(Cc2ccccc2)C1=O. The van der Waals surface area contributed by atoms with Crippen molar-refractivity contribution in [1.82, 2.24) is 10.2 Å². The van der Waals surface area contributed by atoms with Gasteiger partial charge in [-0.3, -0.25) is 19.8 Å². The van der Waals surface area contributed by atoms with Crippen LogP contribution >= 0.6 is 0 Å². The molecule has 0 bridgehead atoms. The summed E-state index contributed by atoms with van der Waals surface area (Å²) >= 11 is 0. The zero-order valence-corrected chi connectivity index (χ0v) is 9.85. The summed E-state index contributed by atoms with van der Waals surface area (Å²) in [4.78, 5) is 25.1. The maximum Gasteiger partial charge on any atom is 0.246 e. The van der Waals surface area contributed by atoms with Crippen LogP contribution in [0.1, 0.15) is 18.9 Å². The Labute approximate surface area is 101 Å². The molecule has 90 valence electrons. The van der Waals surface area contributed by atoms with Crippen molar-refractivity contribution in [3.63, 3.8) is 0 Å².